The van der Waals surface area contributed by atoms with Crippen molar-refractivity contribution in [2.75, 3.05) is 38.8 Å². The summed E-state index contributed by atoms with van der Waals surface area (Å²) in [5.41, 5.74) is 2.72. The highest BCUT2D eigenvalue weighted by Crippen LogP contribution is 2.36. The van der Waals surface area contributed by atoms with E-state index in [2.05, 4.69) is 11.8 Å². The topological polar surface area (TPSA) is 77.0 Å². The summed E-state index contributed by atoms with van der Waals surface area (Å²) in [6, 6.07) is 15.2. The fourth-order valence-corrected chi connectivity index (χ4v) is 4.89. The minimum absolute atomic E-state index is 0.0521. The lowest BCUT2D eigenvalue weighted by atomic mass is 9.99. The van der Waals surface area contributed by atoms with Crippen molar-refractivity contribution < 1.29 is 19.0 Å². The minimum atomic E-state index is 0.0521. The van der Waals surface area contributed by atoms with Crippen LogP contribution in [0.1, 0.15) is 36.6 Å². The van der Waals surface area contributed by atoms with Gasteiger partial charge in [0.2, 0.25) is 17.7 Å². The van der Waals surface area contributed by atoms with Crippen molar-refractivity contribution in [3.63, 3.8) is 0 Å². The third-order valence-electron chi connectivity index (χ3n) is 7.19. The molecule has 5 rings (SSSR count). The lowest BCUT2D eigenvalue weighted by Crippen LogP contribution is -2.39. The average Bonchev–Trinajstić information content (AvgIpc) is 2.93. The fourth-order valence-electron chi connectivity index (χ4n) is 4.89. The first-order valence-electron chi connectivity index (χ1n) is 12.9. The van der Waals surface area contributed by atoms with Crippen molar-refractivity contribution in [2.45, 2.75) is 39.2 Å². The Labute approximate surface area is 218 Å². The number of carbonyl (C=O) groups is 1. The molecule has 0 radical (unpaired) electrons. The molecular formula is C29H34N4O4. The summed E-state index contributed by atoms with van der Waals surface area (Å²) in [7, 11) is 3.25. The van der Waals surface area contributed by atoms with Crippen LogP contribution in [0, 0.1) is 5.92 Å². The number of carbonyl (C=O) groups excluding carboxylic acids is 1. The Kier molecular flexibility index (Phi) is 7.44. The average molecular weight is 503 g/mol. The summed E-state index contributed by atoms with van der Waals surface area (Å²) < 4.78 is 17.2. The molecule has 8 heteroatoms. The predicted octanol–water partition coefficient (Wildman–Crippen LogP) is 4.65. The summed E-state index contributed by atoms with van der Waals surface area (Å²) in [5, 5.41) is 0. The number of methoxy groups -OCH3 is 2. The Morgan fingerprint density at radius 1 is 0.973 bits per heavy atom. The molecule has 0 unspecified atom stereocenters. The monoisotopic (exact) mass is 502 g/mol. The zero-order valence-electron chi connectivity index (χ0n) is 21.8. The molecule has 3 heterocycles. The standard InChI is InChI=1S/C29H34N4O4/c1-20-11-14-32(15-12-20)29-30-24-13-16-33(27(34)18-21-7-6-8-22(17-21)35-2)19-23(24)28(31-29)37-26-10-5-4-9-25(26)36-3/h4-10,17,20H,11-16,18-19H2,1-3H3. The minimum Gasteiger partial charge on any atom is -0.497 e. The van der Waals surface area contributed by atoms with Gasteiger partial charge in [-0.05, 0) is 48.6 Å². The van der Waals surface area contributed by atoms with Crippen LogP contribution in [0.5, 0.6) is 23.1 Å². The van der Waals surface area contributed by atoms with Gasteiger partial charge in [0.15, 0.2) is 11.5 Å². The Bertz CT molecular complexity index is 1260. The molecule has 1 fully saturated rings. The molecule has 8 nitrogen and oxygen atoms in total. The number of piperidine rings is 1. The number of amides is 1. The maximum absolute atomic E-state index is 13.3. The van der Waals surface area contributed by atoms with Crippen LogP contribution >= 0.6 is 0 Å². The Balaban J connectivity index is 1.43. The normalized spacial score (nSPS) is 15.8. The molecule has 194 valence electrons. The van der Waals surface area contributed by atoms with E-state index in [4.69, 9.17) is 24.2 Å². The number of hydrogen-bond donors (Lipinski definition) is 0. The van der Waals surface area contributed by atoms with E-state index < -0.39 is 0 Å². The molecule has 0 saturated carbocycles. The highest BCUT2D eigenvalue weighted by Gasteiger charge is 2.29. The number of anilines is 1. The maximum Gasteiger partial charge on any atom is 0.229 e. The zero-order valence-corrected chi connectivity index (χ0v) is 21.8. The molecule has 0 N–H and O–H groups in total. The van der Waals surface area contributed by atoms with Crippen molar-refractivity contribution in [3.8, 4) is 23.1 Å². The number of rotatable bonds is 7. The van der Waals surface area contributed by atoms with Crippen molar-refractivity contribution in [1.82, 2.24) is 14.9 Å². The van der Waals surface area contributed by atoms with E-state index in [1.807, 2.05) is 53.4 Å². The van der Waals surface area contributed by atoms with Gasteiger partial charge in [-0.2, -0.15) is 4.98 Å². The molecule has 0 aliphatic carbocycles. The van der Waals surface area contributed by atoms with E-state index in [1.54, 1.807) is 14.2 Å². The maximum atomic E-state index is 13.3. The van der Waals surface area contributed by atoms with Crippen molar-refractivity contribution >= 4 is 11.9 Å². The van der Waals surface area contributed by atoms with Gasteiger partial charge in [-0.1, -0.05) is 31.2 Å². The van der Waals surface area contributed by atoms with Gasteiger partial charge >= 0.3 is 0 Å². The van der Waals surface area contributed by atoms with Crippen LogP contribution in [0.3, 0.4) is 0 Å². The molecule has 1 saturated heterocycles. The van der Waals surface area contributed by atoms with Gasteiger partial charge in [-0.15, -0.1) is 0 Å². The molecular weight excluding hydrogens is 468 g/mol. The largest absolute Gasteiger partial charge is 0.497 e. The van der Waals surface area contributed by atoms with Gasteiger partial charge in [0, 0.05) is 26.1 Å². The third-order valence-corrected chi connectivity index (χ3v) is 7.19. The lowest BCUT2D eigenvalue weighted by molar-refractivity contribution is -0.131. The zero-order chi connectivity index (χ0) is 25.8. The molecule has 3 aromatic rings. The number of nitrogens with zero attached hydrogens (tertiary/aromatic N) is 4. The fraction of sp³-hybridized carbons (Fsp3) is 0.414. The second kappa shape index (κ2) is 11.1. The number of para-hydroxylation sites is 2. The first-order valence-corrected chi connectivity index (χ1v) is 12.9. The number of aromatic nitrogens is 2. The van der Waals surface area contributed by atoms with Crippen LogP contribution < -0.4 is 19.1 Å². The van der Waals surface area contributed by atoms with E-state index in [-0.39, 0.29) is 5.91 Å². The van der Waals surface area contributed by atoms with Crippen LogP contribution in [0.4, 0.5) is 5.95 Å². The lowest BCUT2D eigenvalue weighted by Gasteiger charge is -2.33. The molecule has 1 amide bonds. The molecule has 0 spiro atoms. The summed E-state index contributed by atoms with van der Waals surface area (Å²) in [6.07, 6.45) is 3.20. The summed E-state index contributed by atoms with van der Waals surface area (Å²) in [5.74, 6) is 3.91. The summed E-state index contributed by atoms with van der Waals surface area (Å²) in [4.78, 5) is 27.2. The second-order valence-corrected chi connectivity index (χ2v) is 9.77. The first-order chi connectivity index (χ1) is 18.0. The molecule has 1 aromatic heterocycles. The van der Waals surface area contributed by atoms with Crippen LogP contribution in [0.2, 0.25) is 0 Å². The van der Waals surface area contributed by atoms with Crippen LogP contribution in [-0.4, -0.2) is 54.6 Å². The van der Waals surface area contributed by atoms with Crippen LogP contribution in [0.15, 0.2) is 48.5 Å². The third kappa shape index (κ3) is 5.63. The van der Waals surface area contributed by atoms with E-state index >= 15 is 0 Å². The SMILES string of the molecule is COc1cccc(CC(=O)N2CCc3nc(N4CCC(C)CC4)nc(Oc4ccccc4OC)c3C2)c1. The van der Waals surface area contributed by atoms with Crippen LogP contribution in [0.25, 0.3) is 0 Å². The Morgan fingerprint density at radius 3 is 2.51 bits per heavy atom. The van der Waals surface area contributed by atoms with Gasteiger partial charge in [-0.3, -0.25) is 4.79 Å². The van der Waals surface area contributed by atoms with Crippen molar-refractivity contribution in [2.24, 2.45) is 5.92 Å². The van der Waals surface area contributed by atoms with Gasteiger partial charge < -0.3 is 24.0 Å². The quantitative estimate of drug-likeness (QED) is 0.465. The summed E-state index contributed by atoms with van der Waals surface area (Å²) in [6.45, 7) is 5.16. The van der Waals surface area contributed by atoms with Crippen LogP contribution in [-0.2, 0) is 24.2 Å². The molecule has 0 atom stereocenters. The van der Waals surface area contributed by atoms with Gasteiger partial charge in [0.25, 0.3) is 0 Å². The number of hydrogen-bond acceptors (Lipinski definition) is 7. The second-order valence-electron chi connectivity index (χ2n) is 9.77. The molecule has 2 aromatic carbocycles. The molecule has 37 heavy (non-hydrogen) atoms. The molecule has 0 bridgehead atoms. The highest BCUT2D eigenvalue weighted by atomic mass is 16.5. The van der Waals surface area contributed by atoms with Crippen molar-refractivity contribution in [3.05, 3.63) is 65.4 Å². The molecule has 2 aliphatic heterocycles. The van der Waals surface area contributed by atoms with Gasteiger partial charge in [-0.25, -0.2) is 4.98 Å². The van der Waals surface area contributed by atoms with E-state index in [9.17, 15) is 4.79 Å². The van der Waals surface area contributed by atoms with Crippen molar-refractivity contribution in [1.29, 1.82) is 0 Å². The first kappa shape index (κ1) is 24.9. The number of fused-ring (bicyclic) bond motifs is 1. The Hall–Kier alpha value is -3.81. The molecule has 2 aliphatic rings. The Morgan fingerprint density at radius 2 is 1.76 bits per heavy atom. The van der Waals surface area contributed by atoms with Gasteiger partial charge in [0.05, 0.1) is 38.4 Å². The van der Waals surface area contributed by atoms with Gasteiger partial charge in [0.1, 0.15) is 5.75 Å². The number of benzene rings is 2. The predicted molar refractivity (Wildman–Crippen MR) is 142 cm³/mol. The van der Waals surface area contributed by atoms with E-state index in [1.165, 1.54) is 0 Å². The number of ether oxygens (including phenoxy) is 3. The van der Waals surface area contributed by atoms with E-state index in [0.717, 1.165) is 48.5 Å². The van der Waals surface area contributed by atoms with E-state index in [0.29, 0.717) is 55.2 Å². The smallest absolute Gasteiger partial charge is 0.229 e. The summed E-state index contributed by atoms with van der Waals surface area (Å²) >= 11 is 0. The highest BCUT2D eigenvalue weighted by molar-refractivity contribution is 5.79.